The number of hydrogen-bond donors (Lipinski definition) is 0. The van der Waals surface area contributed by atoms with E-state index in [2.05, 4.69) is 22.2 Å². The first-order valence-electron chi connectivity index (χ1n) is 8.27. The number of hydrogen-bond acceptors (Lipinski definition) is 4. The molecule has 0 aliphatic heterocycles. The summed E-state index contributed by atoms with van der Waals surface area (Å²) in [6, 6.07) is 10.2. The van der Waals surface area contributed by atoms with Crippen molar-refractivity contribution in [1.82, 2.24) is 19.3 Å². The molecule has 0 saturated carbocycles. The molecule has 2 heterocycles. The summed E-state index contributed by atoms with van der Waals surface area (Å²) in [7, 11) is 3.69. The second-order valence-electron chi connectivity index (χ2n) is 6.12. The predicted molar refractivity (Wildman–Crippen MR) is 94.1 cm³/mol. The number of esters is 1. The summed E-state index contributed by atoms with van der Waals surface area (Å²) in [5, 5.41) is 4.21. The van der Waals surface area contributed by atoms with Gasteiger partial charge in [-0.25, -0.2) is 9.78 Å². The molecule has 25 heavy (non-hydrogen) atoms. The average molecular weight is 338 g/mol. The molecule has 6 heteroatoms. The van der Waals surface area contributed by atoms with Crippen molar-refractivity contribution in [3.8, 4) is 0 Å². The first-order valence-corrected chi connectivity index (χ1v) is 8.27. The van der Waals surface area contributed by atoms with Crippen LogP contribution in [0.2, 0.25) is 0 Å². The maximum atomic E-state index is 12.6. The molecule has 0 N–H and O–H groups in total. The van der Waals surface area contributed by atoms with Crippen molar-refractivity contribution >= 4 is 5.97 Å². The Bertz CT molecular complexity index is 851. The molecule has 0 amide bonds. The van der Waals surface area contributed by atoms with Gasteiger partial charge in [0.25, 0.3) is 0 Å². The first-order chi connectivity index (χ1) is 12.0. The second-order valence-corrected chi connectivity index (χ2v) is 6.12. The van der Waals surface area contributed by atoms with E-state index in [4.69, 9.17) is 4.74 Å². The van der Waals surface area contributed by atoms with Gasteiger partial charge in [0, 0.05) is 32.7 Å². The zero-order valence-corrected chi connectivity index (χ0v) is 14.7. The standard InChI is InChI=1S/C19H22N4O2/c1-14-16(13-23(3)21-14)19(24)25-17(18-20-11-12-22(18)2)10-9-15-7-5-4-6-8-15/h4-8,11-13,17H,9-10H2,1-3H3. The monoisotopic (exact) mass is 338 g/mol. The summed E-state index contributed by atoms with van der Waals surface area (Å²) < 4.78 is 9.31. The maximum absolute atomic E-state index is 12.6. The van der Waals surface area contributed by atoms with Crippen molar-refractivity contribution in [3.05, 3.63) is 71.6 Å². The van der Waals surface area contributed by atoms with Crippen LogP contribution in [0, 0.1) is 6.92 Å². The molecule has 0 fully saturated rings. The molecule has 2 aromatic heterocycles. The normalized spacial score (nSPS) is 12.1. The van der Waals surface area contributed by atoms with Gasteiger partial charge in [-0.1, -0.05) is 30.3 Å². The lowest BCUT2D eigenvalue weighted by molar-refractivity contribution is 0.0249. The largest absolute Gasteiger partial charge is 0.451 e. The quantitative estimate of drug-likeness (QED) is 0.648. The molecular formula is C19H22N4O2. The van der Waals surface area contributed by atoms with Gasteiger partial charge < -0.3 is 9.30 Å². The number of aryl methyl sites for hydroxylation is 4. The number of rotatable bonds is 6. The SMILES string of the molecule is Cc1nn(C)cc1C(=O)OC(CCc1ccccc1)c1nccn1C. The summed E-state index contributed by atoms with van der Waals surface area (Å²) in [5.41, 5.74) is 2.35. The second kappa shape index (κ2) is 7.34. The third-order valence-electron chi connectivity index (χ3n) is 4.17. The number of benzene rings is 1. The van der Waals surface area contributed by atoms with Crippen LogP contribution in [-0.2, 0) is 25.3 Å². The van der Waals surface area contributed by atoms with Crippen LogP contribution in [0.3, 0.4) is 0 Å². The van der Waals surface area contributed by atoms with Crippen LogP contribution in [0.1, 0.15) is 40.0 Å². The van der Waals surface area contributed by atoms with Crippen LogP contribution in [-0.4, -0.2) is 25.3 Å². The Labute approximate surface area is 147 Å². The van der Waals surface area contributed by atoms with Crippen LogP contribution >= 0.6 is 0 Å². The summed E-state index contributed by atoms with van der Waals surface area (Å²) in [5.74, 6) is 0.373. The van der Waals surface area contributed by atoms with Gasteiger partial charge >= 0.3 is 5.97 Å². The fourth-order valence-electron chi connectivity index (χ4n) is 2.86. The number of imidazole rings is 1. The molecule has 0 bridgehead atoms. The van der Waals surface area contributed by atoms with Crippen LogP contribution in [0.4, 0.5) is 0 Å². The number of aromatic nitrogens is 4. The molecule has 1 unspecified atom stereocenters. The van der Waals surface area contributed by atoms with Gasteiger partial charge in [-0.2, -0.15) is 5.10 Å². The highest BCUT2D eigenvalue weighted by atomic mass is 16.5. The van der Waals surface area contributed by atoms with Gasteiger partial charge in [-0.15, -0.1) is 0 Å². The zero-order chi connectivity index (χ0) is 17.8. The van der Waals surface area contributed by atoms with E-state index in [1.807, 2.05) is 36.0 Å². The predicted octanol–water partition coefficient (Wildman–Crippen LogP) is 2.99. The smallest absolute Gasteiger partial charge is 0.342 e. The van der Waals surface area contributed by atoms with Crippen molar-refractivity contribution < 1.29 is 9.53 Å². The van der Waals surface area contributed by atoms with Gasteiger partial charge in [-0.3, -0.25) is 4.68 Å². The summed E-state index contributed by atoms with van der Waals surface area (Å²) in [6.07, 6.45) is 6.32. The highest BCUT2D eigenvalue weighted by Gasteiger charge is 2.23. The number of nitrogens with zero attached hydrogens (tertiary/aromatic N) is 4. The van der Waals surface area contributed by atoms with Crippen LogP contribution in [0.5, 0.6) is 0 Å². The van der Waals surface area contributed by atoms with Crippen LogP contribution in [0.15, 0.2) is 48.9 Å². The Kier molecular flexibility index (Phi) is 4.97. The van der Waals surface area contributed by atoms with E-state index in [9.17, 15) is 4.79 Å². The van der Waals surface area contributed by atoms with Crippen molar-refractivity contribution in [2.24, 2.45) is 14.1 Å². The lowest BCUT2D eigenvalue weighted by Gasteiger charge is -2.17. The molecule has 3 aromatic rings. The molecule has 3 rings (SSSR count). The molecular weight excluding hydrogens is 316 g/mol. The summed E-state index contributed by atoms with van der Waals surface area (Å²) in [4.78, 5) is 17.0. The number of ether oxygens (including phenoxy) is 1. The van der Waals surface area contributed by atoms with E-state index < -0.39 is 6.10 Å². The van der Waals surface area contributed by atoms with E-state index >= 15 is 0 Å². The van der Waals surface area contributed by atoms with Crippen molar-refractivity contribution in [2.75, 3.05) is 0 Å². The maximum Gasteiger partial charge on any atom is 0.342 e. The molecule has 0 aliphatic carbocycles. The third-order valence-corrected chi connectivity index (χ3v) is 4.17. The Morgan fingerprint density at radius 2 is 2.00 bits per heavy atom. The highest BCUT2D eigenvalue weighted by molar-refractivity contribution is 5.90. The van der Waals surface area contributed by atoms with E-state index in [-0.39, 0.29) is 5.97 Å². The molecule has 1 aromatic carbocycles. The Hall–Kier alpha value is -2.89. The Balaban J connectivity index is 1.78. The number of carbonyl (C=O) groups is 1. The van der Waals surface area contributed by atoms with Gasteiger partial charge in [-0.05, 0) is 25.3 Å². The fraction of sp³-hybridized carbons (Fsp3) is 0.316. The summed E-state index contributed by atoms with van der Waals surface area (Å²) >= 11 is 0. The molecule has 0 spiro atoms. The van der Waals surface area contributed by atoms with E-state index in [1.54, 1.807) is 31.0 Å². The molecule has 130 valence electrons. The number of carbonyl (C=O) groups excluding carboxylic acids is 1. The van der Waals surface area contributed by atoms with Crippen molar-refractivity contribution in [1.29, 1.82) is 0 Å². The highest BCUT2D eigenvalue weighted by Crippen LogP contribution is 2.24. The third kappa shape index (κ3) is 3.96. The van der Waals surface area contributed by atoms with Gasteiger partial charge in [0.15, 0.2) is 6.10 Å². The minimum absolute atomic E-state index is 0.369. The van der Waals surface area contributed by atoms with E-state index in [1.165, 1.54) is 5.56 Å². The molecule has 0 saturated heterocycles. The van der Waals surface area contributed by atoms with Gasteiger partial charge in [0.05, 0.1) is 5.69 Å². The average Bonchev–Trinajstić information content (AvgIpc) is 3.17. The molecule has 1 atom stereocenters. The zero-order valence-electron chi connectivity index (χ0n) is 14.7. The van der Waals surface area contributed by atoms with Crippen molar-refractivity contribution in [3.63, 3.8) is 0 Å². The Morgan fingerprint density at radius 1 is 1.24 bits per heavy atom. The molecule has 6 nitrogen and oxygen atoms in total. The first kappa shape index (κ1) is 17.0. The Morgan fingerprint density at radius 3 is 2.60 bits per heavy atom. The lowest BCUT2D eigenvalue weighted by atomic mass is 10.1. The summed E-state index contributed by atoms with van der Waals surface area (Å²) in [6.45, 7) is 1.80. The molecule has 0 radical (unpaired) electrons. The van der Waals surface area contributed by atoms with Gasteiger partial charge in [0.1, 0.15) is 11.4 Å². The fourth-order valence-corrected chi connectivity index (χ4v) is 2.86. The minimum Gasteiger partial charge on any atom is -0.451 e. The lowest BCUT2D eigenvalue weighted by Crippen LogP contribution is -2.16. The van der Waals surface area contributed by atoms with Crippen molar-refractivity contribution in [2.45, 2.75) is 25.9 Å². The van der Waals surface area contributed by atoms with Crippen LogP contribution in [0.25, 0.3) is 0 Å². The topological polar surface area (TPSA) is 61.9 Å². The van der Waals surface area contributed by atoms with E-state index in [0.29, 0.717) is 17.7 Å². The van der Waals surface area contributed by atoms with Gasteiger partial charge in [0.2, 0.25) is 0 Å². The van der Waals surface area contributed by atoms with E-state index in [0.717, 1.165) is 12.2 Å². The molecule has 0 aliphatic rings. The van der Waals surface area contributed by atoms with Crippen LogP contribution < -0.4 is 0 Å². The minimum atomic E-state index is -0.410.